The molecule has 5 heteroatoms. The van der Waals surface area contributed by atoms with Crippen molar-refractivity contribution in [3.8, 4) is 11.3 Å². The van der Waals surface area contributed by atoms with Crippen LogP contribution in [0, 0.1) is 3.57 Å². The summed E-state index contributed by atoms with van der Waals surface area (Å²) in [7, 11) is 0. The fourth-order valence-corrected chi connectivity index (χ4v) is 2.33. The van der Waals surface area contributed by atoms with Crippen molar-refractivity contribution in [2.24, 2.45) is 0 Å². The molecule has 3 rings (SSSR count). The van der Waals surface area contributed by atoms with E-state index in [4.69, 9.17) is 5.73 Å². The third-order valence-electron chi connectivity index (χ3n) is 2.67. The highest BCUT2D eigenvalue weighted by Crippen LogP contribution is 2.25. The van der Waals surface area contributed by atoms with E-state index in [9.17, 15) is 0 Å². The van der Waals surface area contributed by atoms with Crippen LogP contribution in [-0.4, -0.2) is 15.0 Å². The monoisotopic (exact) mass is 348 g/mol. The average Bonchev–Trinajstić information content (AvgIpc) is 2.44. The smallest absolute Gasteiger partial charge is 0.132 e. The van der Waals surface area contributed by atoms with Crippen molar-refractivity contribution in [2.75, 3.05) is 5.73 Å². The molecule has 3 aromatic rings. The summed E-state index contributed by atoms with van der Waals surface area (Å²) in [6.07, 6.45) is 5.28. The molecule has 0 unspecified atom stereocenters. The molecule has 88 valence electrons. The molecule has 0 atom stereocenters. The first kappa shape index (κ1) is 11.3. The van der Waals surface area contributed by atoms with Gasteiger partial charge in [0.2, 0.25) is 0 Å². The Morgan fingerprint density at radius 2 is 2.00 bits per heavy atom. The molecule has 0 aliphatic heterocycles. The van der Waals surface area contributed by atoms with E-state index in [0.29, 0.717) is 5.82 Å². The van der Waals surface area contributed by atoms with E-state index in [2.05, 4.69) is 37.5 Å². The fraction of sp³-hybridized carbons (Fsp3) is 0. The predicted octanol–water partition coefficient (Wildman–Crippen LogP) is 2.88. The second-order valence-electron chi connectivity index (χ2n) is 3.83. The van der Waals surface area contributed by atoms with Gasteiger partial charge in [0.1, 0.15) is 5.82 Å². The molecular formula is C13H9IN4. The second-order valence-corrected chi connectivity index (χ2v) is 4.99. The molecule has 0 fully saturated rings. The molecule has 0 saturated carbocycles. The topological polar surface area (TPSA) is 64.7 Å². The quantitative estimate of drug-likeness (QED) is 0.687. The molecule has 0 aliphatic carbocycles. The lowest BCUT2D eigenvalue weighted by atomic mass is 10.1. The Balaban J connectivity index is 2.26. The number of nitrogens with zero attached hydrogens (tertiary/aromatic N) is 3. The van der Waals surface area contributed by atoms with Crippen LogP contribution in [0.25, 0.3) is 22.2 Å². The summed E-state index contributed by atoms with van der Waals surface area (Å²) in [5.74, 6) is 0.510. The third kappa shape index (κ3) is 1.90. The summed E-state index contributed by atoms with van der Waals surface area (Å²) in [5.41, 5.74) is 8.61. The Labute approximate surface area is 117 Å². The minimum absolute atomic E-state index is 0.510. The summed E-state index contributed by atoms with van der Waals surface area (Å²) < 4.78 is 0.988. The zero-order valence-corrected chi connectivity index (χ0v) is 11.5. The number of nitrogen functional groups attached to an aromatic ring is 1. The summed E-state index contributed by atoms with van der Waals surface area (Å²) in [5, 5.41) is 0.884. The molecular weight excluding hydrogens is 339 g/mol. The number of hydrogen-bond acceptors (Lipinski definition) is 4. The SMILES string of the molecule is Nc1ncc(I)c2nc(-c3cccnc3)ccc12. The first-order valence-corrected chi connectivity index (χ1v) is 6.45. The molecule has 4 nitrogen and oxygen atoms in total. The number of hydrogen-bond donors (Lipinski definition) is 1. The number of halogens is 1. The summed E-state index contributed by atoms with van der Waals surface area (Å²) >= 11 is 2.21. The Hall–Kier alpha value is -1.76. The van der Waals surface area contributed by atoms with E-state index in [-0.39, 0.29) is 0 Å². The summed E-state index contributed by atoms with van der Waals surface area (Å²) in [6, 6.07) is 7.77. The van der Waals surface area contributed by atoms with Crippen LogP contribution in [0.1, 0.15) is 0 Å². The van der Waals surface area contributed by atoms with Crippen molar-refractivity contribution < 1.29 is 0 Å². The Morgan fingerprint density at radius 1 is 1.11 bits per heavy atom. The van der Waals surface area contributed by atoms with Gasteiger partial charge in [-0.05, 0) is 46.9 Å². The van der Waals surface area contributed by atoms with E-state index in [1.165, 1.54) is 0 Å². The van der Waals surface area contributed by atoms with Crippen molar-refractivity contribution >= 4 is 39.3 Å². The minimum Gasteiger partial charge on any atom is -0.383 e. The lowest BCUT2D eigenvalue weighted by Crippen LogP contribution is -1.95. The van der Waals surface area contributed by atoms with Crippen molar-refractivity contribution in [3.63, 3.8) is 0 Å². The standard InChI is InChI=1S/C13H9IN4/c14-10-7-17-13(15)9-3-4-11(18-12(9)10)8-2-1-5-16-6-8/h1-7H,(H2,15,17). The van der Waals surface area contributed by atoms with Crippen molar-refractivity contribution in [1.82, 2.24) is 15.0 Å². The minimum atomic E-state index is 0.510. The highest BCUT2D eigenvalue weighted by molar-refractivity contribution is 14.1. The first-order valence-electron chi connectivity index (χ1n) is 5.37. The summed E-state index contributed by atoms with van der Waals surface area (Å²) in [6.45, 7) is 0. The van der Waals surface area contributed by atoms with Crippen LogP contribution < -0.4 is 5.73 Å². The second kappa shape index (κ2) is 4.49. The predicted molar refractivity (Wildman–Crippen MR) is 79.9 cm³/mol. The maximum Gasteiger partial charge on any atom is 0.132 e. The summed E-state index contributed by atoms with van der Waals surface area (Å²) in [4.78, 5) is 12.9. The molecule has 0 saturated heterocycles. The van der Waals surface area contributed by atoms with Gasteiger partial charge in [-0.25, -0.2) is 9.97 Å². The van der Waals surface area contributed by atoms with Crippen LogP contribution in [0.15, 0.2) is 42.9 Å². The van der Waals surface area contributed by atoms with Gasteiger partial charge in [-0.2, -0.15) is 0 Å². The van der Waals surface area contributed by atoms with E-state index < -0.39 is 0 Å². The number of rotatable bonds is 1. The lowest BCUT2D eigenvalue weighted by molar-refractivity contribution is 1.28. The van der Waals surface area contributed by atoms with Crippen LogP contribution in [0.5, 0.6) is 0 Å². The highest BCUT2D eigenvalue weighted by Gasteiger charge is 2.07. The maximum absolute atomic E-state index is 5.85. The van der Waals surface area contributed by atoms with Gasteiger partial charge in [-0.1, -0.05) is 0 Å². The largest absolute Gasteiger partial charge is 0.383 e. The van der Waals surface area contributed by atoms with Gasteiger partial charge >= 0.3 is 0 Å². The first-order chi connectivity index (χ1) is 8.75. The molecule has 0 bridgehead atoms. The molecule has 0 aliphatic rings. The number of fused-ring (bicyclic) bond motifs is 1. The molecule has 0 aromatic carbocycles. The van der Waals surface area contributed by atoms with E-state index >= 15 is 0 Å². The van der Waals surface area contributed by atoms with E-state index in [1.54, 1.807) is 18.6 Å². The number of nitrogens with two attached hydrogens (primary N) is 1. The maximum atomic E-state index is 5.85. The van der Waals surface area contributed by atoms with Crippen molar-refractivity contribution in [2.45, 2.75) is 0 Å². The highest BCUT2D eigenvalue weighted by atomic mass is 127. The fourth-order valence-electron chi connectivity index (χ4n) is 1.78. The molecule has 2 N–H and O–H groups in total. The zero-order valence-electron chi connectivity index (χ0n) is 9.34. The lowest BCUT2D eigenvalue weighted by Gasteiger charge is -2.05. The van der Waals surface area contributed by atoms with Crippen molar-refractivity contribution in [1.29, 1.82) is 0 Å². The zero-order chi connectivity index (χ0) is 12.5. The Morgan fingerprint density at radius 3 is 2.78 bits per heavy atom. The molecule has 0 spiro atoms. The van der Waals surface area contributed by atoms with Gasteiger partial charge < -0.3 is 5.73 Å². The molecule has 18 heavy (non-hydrogen) atoms. The van der Waals surface area contributed by atoms with Gasteiger partial charge in [0.25, 0.3) is 0 Å². The van der Waals surface area contributed by atoms with E-state index in [1.807, 2.05) is 24.3 Å². The Kier molecular flexibility index (Phi) is 2.83. The van der Waals surface area contributed by atoms with Crippen LogP contribution in [0.2, 0.25) is 0 Å². The van der Waals surface area contributed by atoms with Gasteiger partial charge in [-0.15, -0.1) is 0 Å². The van der Waals surface area contributed by atoms with Crippen LogP contribution in [0.3, 0.4) is 0 Å². The molecule has 3 aromatic heterocycles. The number of pyridine rings is 3. The molecule has 3 heterocycles. The van der Waals surface area contributed by atoms with Crippen molar-refractivity contribution in [3.05, 3.63) is 46.4 Å². The van der Waals surface area contributed by atoms with E-state index in [0.717, 1.165) is 25.7 Å². The average molecular weight is 348 g/mol. The van der Waals surface area contributed by atoms with Crippen LogP contribution in [0.4, 0.5) is 5.82 Å². The Bertz CT molecular complexity index is 713. The van der Waals surface area contributed by atoms with Crippen LogP contribution >= 0.6 is 22.6 Å². The molecule has 0 radical (unpaired) electrons. The molecule has 0 amide bonds. The number of anilines is 1. The van der Waals surface area contributed by atoms with Gasteiger partial charge in [0.15, 0.2) is 0 Å². The number of aromatic nitrogens is 3. The van der Waals surface area contributed by atoms with Gasteiger partial charge in [-0.3, -0.25) is 4.98 Å². The van der Waals surface area contributed by atoms with Gasteiger partial charge in [0.05, 0.1) is 14.8 Å². The van der Waals surface area contributed by atoms with Gasteiger partial charge in [0, 0.05) is 29.5 Å². The normalized spacial score (nSPS) is 10.7. The third-order valence-corrected chi connectivity index (χ3v) is 3.46. The van der Waals surface area contributed by atoms with Crippen LogP contribution in [-0.2, 0) is 0 Å².